The smallest absolute Gasteiger partial charge is 0.264 e. The van der Waals surface area contributed by atoms with Crippen LogP contribution in [-0.2, 0) is 16.8 Å². The maximum Gasteiger partial charge on any atom is 0.264 e. The summed E-state index contributed by atoms with van der Waals surface area (Å²) in [6.45, 7) is 4.40. The van der Waals surface area contributed by atoms with E-state index in [1.54, 1.807) is 24.3 Å². The summed E-state index contributed by atoms with van der Waals surface area (Å²) in [5.74, 6) is -0.683. The van der Waals surface area contributed by atoms with Crippen molar-refractivity contribution in [2.24, 2.45) is 0 Å². The van der Waals surface area contributed by atoms with Gasteiger partial charge in [0.2, 0.25) is 0 Å². The molecule has 1 aliphatic rings. The molecule has 0 fully saturated rings. The zero-order valence-corrected chi connectivity index (χ0v) is 16.5. The zero-order chi connectivity index (χ0) is 18.9. The maximum atomic E-state index is 12.8. The lowest BCUT2D eigenvalue weighted by Crippen LogP contribution is -2.41. The number of amides is 1. The van der Waals surface area contributed by atoms with Crippen molar-refractivity contribution in [2.45, 2.75) is 38.7 Å². The predicted molar refractivity (Wildman–Crippen MR) is 105 cm³/mol. The van der Waals surface area contributed by atoms with Crippen LogP contribution in [0.2, 0.25) is 0 Å². The van der Waals surface area contributed by atoms with Gasteiger partial charge in [0.15, 0.2) is 11.4 Å². The van der Waals surface area contributed by atoms with E-state index >= 15 is 0 Å². The van der Waals surface area contributed by atoms with Crippen LogP contribution in [-0.4, -0.2) is 23.3 Å². The summed E-state index contributed by atoms with van der Waals surface area (Å²) in [6, 6.07) is 12.8. The number of aliphatic hydroxyl groups is 1. The van der Waals surface area contributed by atoms with Gasteiger partial charge in [-0.15, -0.1) is 0 Å². The molecule has 0 saturated heterocycles. The molecule has 2 aromatic carbocycles. The van der Waals surface area contributed by atoms with Crippen LogP contribution in [0.15, 0.2) is 46.9 Å². The van der Waals surface area contributed by atoms with Crippen LogP contribution in [0.25, 0.3) is 0 Å². The number of aryl methyl sites for hydroxylation is 1. The highest BCUT2D eigenvalue weighted by Crippen LogP contribution is 2.44. The summed E-state index contributed by atoms with van der Waals surface area (Å²) in [7, 11) is 0. The predicted octanol–water partition coefficient (Wildman–Crippen LogP) is 4.23. The van der Waals surface area contributed by atoms with Crippen molar-refractivity contribution in [2.75, 3.05) is 11.4 Å². The van der Waals surface area contributed by atoms with Crippen LogP contribution in [0.1, 0.15) is 48.2 Å². The molecule has 1 amide bonds. The summed E-state index contributed by atoms with van der Waals surface area (Å²) in [5.41, 5.74) is 1.00. The summed E-state index contributed by atoms with van der Waals surface area (Å²) in [5, 5.41) is 11.2. The largest absolute Gasteiger partial charge is 0.375 e. The Morgan fingerprint density at radius 3 is 2.46 bits per heavy atom. The standard InChI is InChI=1S/C21H22BrNO3/c1-3-5-14-6-8-15(9-7-14)19(24)13-21(26)17-12-16(22)10-11-18(17)23(4-2)20(21)25/h6-12,26H,3-5,13H2,1-2H3. The topological polar surface area (TPSA) is 57.6 Å². The Kier molecular flexibility index (Phi) is 5.30. The molecule has 0 spiro atoms. The first-order chi connectivity index (χ1) is 12.4. The fourth-order valence-electron chi connectivity index (χ4n) is 3.49. The SMILES string of the molecule is CCCc1ccc(C(=O)CC2(O)C(=O)N(CC)c3ccc(Br)cc32)cc1. The molecule has 0 radical (unpaired) electrons. The molecule has 0 saturated carbocycles. The van der Waals surface area contributed by atoms with Gasteiger partial charge in [0, 0.05) is 22.1 Å². The number of hydrogen-bond donors (Lipinski definition) is 1. The van der Waals surface area contributed by atoms with Gasteiger partial charge < -0.3 is 10.0 Å². The second kappa shape index (κ2) is 7.33. The normalized spacial score (nSPS) is 18.9. The van der Waals surface area contributed by atoms with E-state index in [4.69, 9.17) is 0 Å². The van der Waals surface area contributed by atoms with Crippen molar-refractivity contribution in [3.8, 4) is 0 Å². The van der Waals surface area contributed by atoms with Crippen molar-refractivity contribution < 1.29 is 14.7 Å². The lowest BCUT2D eigenvalue weighted by Gasteiger charge is -2.22. The van der Waals surface area contributed by atoms with Gasteiger partial charge in [-0.25, -0.2) is 0 Å². The maximum absolute atomic E-state index is 12.8. The van der Waals surface area contributed by atoms with Gasteiger partial charge in [0.25, 0.3) is 5.91 Å². The van der Waals surface area contributed by atoms with Gasteiger partial charge in [0.05, 0.1) is 12.1 Å². The lowest BCUT2D eigenvalue weighted by molar-refractivity contribution is -0.135. The number of Topliss-reactive ketones (excluding diaryl/α,β-unsaturated/α-hetero) is 1. The number of ketones is 1. The van der Waals surface area contributed by atoms with Crippen molar-refractivity contribution >= 4 is 33.3 Å². The van der Waals surface area contributed by atoms with Gasteiger partial charge in [-0.05, 0) is 37.1 Å². The molecule has 1 unspecified atom stereocenters. The fraction of sp³-hybridized carbons (Fsp3) is 0.333. The first-order valence-electron chi connectivity index (χ1n) is 8.87. The Hall–Kier alpha value is -1.98. The van der Waals surface area contributed by atoms with Gasteiger partial charge in [-0.1, -0.05) is 53.5 Å². The summed E-state index contributed by atoms with van der Waals surface area (Å²) < 4.78 is 0.761. The zero-order valence-electron chi connectivity index (χ0n) is 15.0. The first-order valence-corrected chi connectivity index (χ1v) is 9.66. The number of carbonyl (C=O) groups excluding carboxylic acids is 2. The average molecular weight is 416 g/mol. The first kappa shape index (κ1) is 18.8. The molecule has 1 N–H and O–H groups in total. The van der Waals surface area contributed by atoms with Gasteiger partial charge in [-0.2, -0.15) is 0 Å². The van der Waals surface area contributed by atoms with E-state index in [0.29, 0.717) is 23.4 Å². The number of benzene rings is 2. The number of fused-ring (bicyclic) bond motifs is 1. The summed E-state index contributed by atoms with van der Waals surface area (Å²) in [6.07, 6.45) is 1.74. The van der Waals surface area contributed by atoms with E-state index in [9.17, 15) is 14.7 Å². The van der Waals surface area contributed by atoms with Crippen molar-refractivity contribution in [3.63, 3.8) is 0 Å². The van der Waals surface area contributed by atoms with Gasteiger partial charge in [0.1, 0.15) is 0 Å². The molecular formula is C21H22BrNO3. The Morgan fingerprint density at radius 1 is 1.15 bits per heavy atom. The minimum Gasteiger partial charge on any atom is -0.375 e. The third-order valence-corrected chi connectivity index (χ3v) is 5.33. The molecule has 4 nitrogen and oxygen atoms in total. The quantitative estimate of drug-likeness (QED) is 0.718. The molecule has 26 heavy (non-hydrogen) atoms. The highest BCUT2D eigenvalue weighted by molar-refractivity contribution is 9.10. The second-order valence-electron chi connectivity index (χ2n) is 6.62. The van der Waals surface area contributed by atoms with Crippen molar-refractivity contribution in [3.05, 3.63) is 63.6 Å². The van der Waals surface area contributed by atoms with Crippen molar-refractivity contribution in [1.29, 1.82) is 0 Å². The summed E-state index contributed by atoms with van der Waals surface area (Å²) >= 11 is 3.39. The fourth-order valence-corrected chi connectivity index (χ4v) is 3.85. The molecule has 0 aromatic heterocycles. The molecule has 2 aromatic rings. The number of rotatable bonds is 6. The Bertz CT molecular complexity index is 847. The molecule has 3 rings (SSSR count). The number of anilines is 1. The molecule has 1 atom stereocenters. The van der Waals surface area contributed by atoms with E-state index in [2.05, 4.69) is 22.9 Å². The minimum absolute atomic E-state index is 0.243. The summed E-state index contributed by atoms with van der Waals surface area (Å²) in [4.78, 5) is 27.1. The van der Waals surface area contributed by atoms with Crippen LogP contribution in [0, 0.1) is 0 Å². The van der Waals surface area contributed by atoms with E-state index in [0.717, 1.165) is 17.3 Å². The van der Waals surface area contributed by atoms with E-state index in [1.807, 2.05) is 25.1 Å². The number of likely N-dealkylation sites (N-methyl/N-ethyl adjacent to an activating group) is 1. The molecule has 5 heteroatoms. The minimum atomic E-state index is -1.83. The average Bonchev–Trinajstić information content (AvgIpc) is 2.83. The number of halogens is 1. The molecule has 1 aliphatic heterocycles. The van der Waals surface area contributed by atoms with Gasteiger partial charge >= 0.3 is 0 Å². The molecule has 1 heterocycles. The van der Waals surface area contributed by atoms with E-state index in [1.165, 1.54) is 10.5 Å². The van der Waals surface area contributed by atoms with Crippen LogP contribution in [0.5, 0.6) is 0 Å². The molecular weight excluding hydrogens is 394 g/mol. The number of nitrogens with zero attached hydrogens (tertiary/aromatic N) is 1. The van der Waals surface area contributed by atoms with Crippen LogP contribution < -0.4 is 4.90 Å². The van der Waals surface area contributed by atoms with Crippen LogP contribution >= 0.6 is 15.9 Å². The van der Waals surface area contributed by atoms with Gasteiger partial charge in [-0.3, -0.25) is 9.59 Å². The van der Waals surface area contributed by atoms with Crippen LogP contribution in [0.4, 0.5) is 5.69 Å². The van der Waals surface area contributed by atoms with Crippen molar-refractivity contribution in [1.82, 2.24) is 0 Å². The second-order valence-corrected chi connectivity index (χ2v) is 7.53. The molecule has 0 bridgehead atoms. The monoisotopic (exact) mass is 415 g/mol. The van der Waals surface area contributed by atoms with E-state index < -0.39 is 11.5 Å². The lowest BCUT2D eigenvalue weighted by atomic mass is 9.88. The van der Waals surface area contributed by atoms with E-state index in [-0.39, 0.29) is 12.2 Å². The third kappa shape index (κ3) is 3.21. The Balaban J connectivity index is 1.92. The molecule has 136 valence electrons. The Labute approximate surface area is 162 Å². The third-order valence-electron chi connectivity index (χ3n) is 4.84. The highest BCUT2D eigenvalue weighted by Gasteiger charge is 2.50. The number of hydrogen-bond acceptors (Lipinski definition) is 3. The van der Waals surface area contributed by atoms with Crippen LogP contribution in [0.3, 0.4) is 0 Å². The highest BCUT2D eigenvalue weighted by atomic mass is 79.9. The number of carbonyl (C=O) groups is 2. The Morgan fingerprint density at radius 2 is 1.85 bits per heavy atom. The molecule has 0 aliphatic carbocycles.